The summed E-state index contributed by atoms with van der Waals surface area (Å²) in [5, 5.41) is 0. The number of carbonyl (C=O) groups is 2. The molecule has 4 nitrogen and oxygen atoms in total. The summed E-state index contributed by atoms with van der Waals surface area (Å²) in [6.45, 7) is 3.96. The van der Waals surface area contributed by atoms with Crippen molar-refractivity contribution >= 4 is 11.9 Å². The molecule has 0 fully saturated rings. The second-order valence-electron chi connectivity index (χ2n) is 4.31. The number of hydrogen-bond donors (Lipinski definition) is 0. The lowest BCUT2D eigenvalue weighted by molar-refractivity contribution is -0.160. The minimum atomic E-state index is -0.873. The molecule has 0 aliphatic rings. The summed E-state index contributed by atoms with van der Waals surface area (Å²) >= 11 is 0. The number of hydrogen-bond acceptors (Lipinski definition) is 4. The van der Waals surface area contributed by atoms with Crippen LogP contribution in [0.3, 0.4) is 0 Å². The van der Waals surface area contributed by atoms with Crippen molar-refractivity contribution in [1.82, 2.24) is 0 Å². The van der Waals surface area contributed by atoms with Crippen molar-refractivity contribution in [3.63, 3.8) is 0 Å². The van der Waals surface area contributed by atoms with E-state index >= 15 is 0 Å². The molecule has 18 heavy (non-hydrogen) atoms. The molecule has 1 unspecified atom stereocenters. The lowest BCUT2D eigenvalue weighted by Crippen LogP contribution is -2.31. The number of esters is 2. The first-order valence-corrected chi connectivity index (χ1v) is 6.40. The van der Waals surface area contributed by atoms with E-state index in [9.17, 15) is 9.59 Å². The van der Waals surface area contributed by atoms with E-state index in [1.165, 1.54) is 27.1 Å². The summed E-state index contributed by atoms with van der Waals surface area (Å²) < 4.78 is 9.26. The Kier molecular flexibility index (Phi) is 8.97. The summed E-state index contributed by atoms with van der Waals surface area (Å²) in [6.07, 6.45) is 8.36. The van der Waals surface area contributed by atoms with E-state index in [-0.39, 0.29) is 5.92 Å². The van der Waals surface area contributed by atoms with Gasteiger partial charge < -0.3 is 9.47 Å². The molecule has 0 spiro atoms. The van der Waals surface area contributed by atoms with E-state index in [2.05, 4.69) is 16.4 Å². The van der Waals surface area contributed by atoms with Crippen LogP contribution in [0.25, 0.3) is 0 Å². The molecule has 0 N–H and O–H groups in total. The number of methoxy groups -OCH3 is 2. The Morgan fingerprint density at radius 3 is 2.11 bits per heavy atom. The van der Waals surface area contributed by atoms with Crippen molar-refractivity contribution in [1.29, 1.82) is 0 Å². The zero-order valence-electron chi connectivity index (χ0n) is 11.8. The molecule has 104 valence electrons. The first-order valence-electron chi connectivity index (χ1n) is 6.40. The van der Waals surface area contributed by atoms with E-state index in [0.717, 1.165) is 12.8 Å². The third-order valence-electron chi connectivity index (χ3n) is 2.85. The Morgan fingerprint density at radius 2 is 1.67 bits per heavy atom. The lowest BCUT2D eigenvalue weighted by atomic mass is 9.93. The topological polar surface area (TPSA) is 52.6 Å². The van der Waals surface area contributed by atoms with Crippen LogP contribution < -0.4 is 0 Å². The standard InChI is InChI=1S/C14H24O4/c1-5-6-7-8-9-10-11(2)12(13(15)17-3)14(16)18-4/h9-12H,5-8H2,1-4H3/b10-9+. The number of rotatable bonds is 8. The summed E-state index contributed by atoms with van der Waals surface area (Å²) in [4.78, 5) is 23.1. The van der Waals surface area contributed by atoms with E-state index in [1.54, 1.807) is 0 Å². The van der Waals surface area contributed by atoms with Crippen LogP contribution in [0.2, 0.25) is 0 Å². The normalized spacial score (nSPS) is 12.7. The van der Waals surface area contributed by atoms with Crippen molar-refractivity contribution in [2.45, 2.75) is 39.5 Å². The minimum absolute atomic E-state index is 0.216. The largest absolute Gasteiger partial charge is 0.468 e. The molecule has 0 aromatic heterocycles. The Balaban J connectivity index is 4.42. The zero-order chi connectivity index (χ0) is 14.0. The molecule has 4 heteroatoms. The Bertz CT molecular complexity index is 268. The third kappa shape index (κ3) is 5.84. The second-order valence-corrected chi connectivity index (χ2v) is 4.31. The Hall–Kier alpha value is -1.32. The highest BCUT2D eigenvalue weighted by molar-refractivity contribution is 5.95. The van der Waals surface area contributed by atoms with Gasteiger partial charge in [0.15, 0.2) is 5.92 Å². The highest BCUT2D eigenvalue weighted by Crippen LogP contribution is 2.17. The van der Waals surface area contributed by atoms with E-state index in [4.69, 9.17) is 0 Å². The molecular weight excluding hydrogens is 232 g/mol. The summed E-state index contributed by atoms with van der Waals surface area (Å²) in [5.41, 5.74) is 0. The first kappa shape index (κ1) is 16.7. The van der Waals surface area contributed by atoms with Gasteiger partial charge in [-0.1, -0.05) is 38.8 Å². The van der Waals surface area contributed by atoms with E-state index in [0.29, 0.717) is 0 Å². The predicted octanol–water partition coefficient (Wildman–Crippen LogP) is 2.72. The fourth-order valence-electron chi connectivity index (χ4n) is 1.71. The minimum Gasteiger partial charge on any atom is -0.468 e. The van der Waals surface area contributed by atoms with E-state index < -0.39 is 17.9 Å². The zero-order valence-corrected chi connectivity index (χ0v) is 11.8. The molecule has 0 saturated carbocycles. The van der Waals surface area contributed by atoms with Crippen LogP contribution in [0.15, 0.2) is 12.2 Å². The molecule has 0 heterocycles. The van der Waals surface area contributed by atoms with Gasteiger partial charge in [0, 0.05) is 0 Å². The predicted molar refractivity (Wildman–Crippen MR) is 70.0 cm³/mol. The van der Waals surface area contributed by atoms with Gasteiger partial charge in [-0.05, 0) is 18.8 Å². The molecule has 0 aromatic rings. The highest BCUT2D eigenvalue weighted by Gasteiger charge is 2.32. The van der Waals surface area contributed by atoms with E-state index in [1.807, 2.05) is 19.1 Å². The van der Waals surface area contributed by atoms with Crippen molar-refractivity contribution in [2.75, 3.05) is 14.2 Å². The summed E-state index contributed by atoms with van der Waals surface area (Å²) in [5.74, 6) is -2.19. The third-order valence-corrected chi connectivity index (χ3v) is 2.85. The van der Waals surface area contributed by atoms with Gasteiger partial charge in [0.2, 0.25) is 0 Å². The van der Waals surface area contributed by atoms with Gasteiger partial charge in [0.25, 0.3) is 0 Å². The molecule has 1 atom stereocenters. The number of allylic oxidation sites excluding steroid dienone is 2. The monoisotopic (exact) mass is 256 g/mol. The molecule has 0 aliphatic heterocycles. The fraction of sp³-hybridized carbons (Fsp3) is 0.714. The van der Waals surface area contributed by atoms with Crippen molar-refractivity contribution < 1.29 is 19.1 Å². The average molecular weight is 256 g/mol. The molecule has 0 amide bonds. The van der Waals surface area contributed by atoms with Gasteiger partial charge in [-0.3, -0.25) is 9.59 Å². The van der Waals surface area contributed by atoms with Gasteiger partial charge in [-0.25, -0.2) is 0 Å². The number of carbonyl (C=O) groups excluding carboxylic acids is 2. The molecule has 0 bridgehead atoms. The molecular formula is C14H24O4. The highest BCUT2D eigenvalue weighted by atomic mass is 16.5. The van der Waals surface area contributed by atoms with Crippen molar-refractivity contribution in [3.8, 4) is 0 Å². The van der Waals surface area contributed by atoms with Crippen LogP contribution in [0, 0.1) is 11.8 Å². The average Bonchev–Trinajstić information content (AvgIpc) is 2.38. The summed E-state index contributed by atoms with van der Waals surface area (Å²) in [6, 6.07) is 0. The molecule has 0 radical (unpaired) electrons. The fourth-order valence-corrected chi connectivity index (χ4v) is 1.71. The second kappa shape index (κ2) is 9.68. The van der Waals surface area contributed by atoms with Gasteiger partial charge in [-0.2, -0.15) is 0 Å². The maximum atomic E-state index is 11.5. The van der Waals surface area contributed by atoms with Gasteiger partial charge in [-0.15, -0.1) is 0 Å². The first-order chi connectivity index (χ1) is 8.58. The molecule has 0 aliphatic carbocycles. The van der Waals surface area contributed by atoms with Crippen LogP contribution in [0.4, 0.5) is 0 Å². The maximum absolute atomic E-state index is 11.5. The quantitative estimate of drug-likeness (QED) is 0.290. The Labute approximate surface area is 109 Å². The van der Waals surface area contributed by atoms with Crippen LogP contribution in [0.5, 0.6) is 0 Å². The molecule has 0 saturated heterocycles. The van der Waals surface area contributed by atoms with Crippen molar-refractivity contribution in [2.24, 2.45) is 11.8 Å². The van der Waals surface area contributed by atoms with Crippen LogP contribution >= 0.6 is 0 Å². The molecule has 0 rings (SSSR count). The Morgan fingerprint density at radius 1 is 1.11 bits per heavy atom. The smallest absolute Gasteiger partial charge is 0.320 e. The van der Waals surface area contributed by atoms with Gasteiger partial charge in [0.1, 0.15) is 0 Å². The van der Waals surface area contributed by atoms with Crippen molar-refractivity contribution in [3.05, 3.63) is 12.2 Å². The van der Waals surface area contributed by atoms with Crippen LogP contribution in [-0.4, -0.2) is 26.2 Å². The summed E-state index contributed by atoms with van der Waals surface area (Å²) in [7, 11) is 2.55. The molecule has 0 aromatic carbocycles. The van der Waals surface area contributed by atoms with Crippen LogP contribution in [0.1, 0.15) is 39.5 Å². The van der Waals surface area contributed by atoms with Gasteiger partial charge in [0.05, 0.1) is 14.2 Å². The van der Waals surface area contributed by atoms with Crippen LogP contribution in [-0.2, 0) is 19.1 Å². The van der Waals surface area contributed by atoms with Gasteiger partial charge >= 0.3 is 11.9 Å². The number of ether oxygens (including phenoxy) is 2. The lowest BCUT2D eigenvalue weighted by Gasteiger charge is -2.16. The maximum Gasteiger partial charge on any atom is 0.320 e. The SMILES string of the molecule is CCCCC/C=C/C(C)C(C(=O)OC)C(=O)OC. The number of unbranched alkanes of at least 4 members (excludes halogenated alkanes) is 3.